The van der Waals surface area contributed by atoms with E-state index in [0.29, 0.717) is 18.4 Å². The molecule has 22 heavy (non-hydrogen) atoms. The summed E-state index contributed by atoms with van der Waals surface area (Å²) in [6.45, 7) is 7.04. The van der Waals surface area contributed by atoms with Gasteiger partial charge in [-0.3, -0.25) is 4.68 Å². The SMILES string of the molecule is C[C@@H]1C[C@H](C)CN(c2nc(NCCO)c3cnn(C)c3n2)C1. The fourth-order valence-electron chi connectivity index (χ4n) is 3.29. The minimum absolute atomic E-state index is 0.0683. The maximum atomic E-state index is 9.06. The topological polar surface area (TPSA) is 79.1 Å². The smallest absolute Gasteiger partial charge is 0.229 e. The summed E-state index contributed by atoms with van der Waals surface area (Å²) >= 11 is 0. The summed E-state index contributed by atoms with van der Waals surface area (Å²) in [5.41, 5.74) is 0.816. The molecule has 0 radical (unpaired) electrons. The van der Waals surface area contributed by atoms with E-state index in [1.54, 1.807) is 10.9 Å². The van der Waals surface area contributed by atoms with Gasteiger partial charge in [-0.1, -0.05) is 13.8 Å². The van der Waals surface area contributed by atoms with Gasteiger partial charge in [-0.05, 0) is 18.3 Å². The molecule has 1 aliphatic heterocycles. The number of aliphatic hydroxyl groups is 1. The van der Waals surface area contributed by atoms with E-state index in [-0.39, 0.29) is 6.61 Å². The van der Waals surface area contributed by atoms with Gasteiger partial charge in [-0.2, -0.15) is 15.1 Å². The van der Waals surface area contributed by atoms with Gasteiger partial charge in [0.05, 0.1) is 18.2 Å². The van der Waals surface area contributed by atoms with Gasteiger partial charge in [-0.15, -0.1) is 0 Å². The van der Waals surface area contributed by atoms with Crippen molar-refractivity contribution in [2.24, 2.45) is 18.9 Å². The first kappa shape index (κ1) is 15.0. The van der Waals surface area contributed by atoms with Crippen LogP contribution in [0.25, 0.3) is 11.0 Å². The van der Waals surface area contributed by atoms with Crippen LogP contribution in [0.2, 0.25) is 0 Å². The summed E-state index contributed by atoms with van der Waals surface area (Å²) in [7, 11) is 1.89. The number of aliphatic hydroxyl groups excluding tert-OH is 1. The maximum Gasteiger partial charge on any atom is 0.229 e. The second-order valence-corrected chi connectivity index (χ2v) is 6.38. The Bertz CT molecular complexity index is 645. The van der Waals surface area contributed by atoms with E-state index in [2.05, 4.69) is 34.1 Å². The predicted molar refractivity (Wildman–Crippen MR) is 87.0 cm³/mol. The first-order valence-electron chi connectivity index (χ1n) is 7.88. The van der Waals surface area contributed by atoms with Gasteiger partial charge in [0.25, 0.3) is 0 Å². The molecular weight excluding hydrogens is 280 g/mol. The summed E-state index contributed by atoms with van der Waals surface area (Å²) < 4.78 is 1.77. The van der Waals surface area contributed by atoms with Crippen molar-refractivity contribution < 1.29 is 5.11 Å². The lowest BCUT2D eigenvalue weighted by Crippen LogP contribution is -2.39. The zero-order chi connectivity index (χ0) is 15.7. The minimum atomic E-state index is 0.0683. The summed E-state index contributed by atoms with van der Waals surface area (Å²) in [6, 6.07) is 0. The molecule has 2 aromatic heterocycles. The average Bonchev–Trinajstić information content (AvgIpc) is 2.85. The number of nitrogens with zero attached hydrogens (tertiary/aromatic N) is 5. The zero-order valence-corrected chi connectivity index (χ0v) is 13.5. The largest absolute Gasteiger partial charge is 0.395 e. The number of hydrogen-bond acceptors (Lipinski definition) is 6. The molecule has 0 amide bonds. The van der Waals surface area contributed by atoms with E-state index in [4.69, 9.17) is 10.1 Å². The Kier molecular flexibility index (Phi) is 4.15. The van der Waals surface area contributed by atoms with Gasteiger partial charge >= 0.3 is 0 Å². The molecule has 2 atom stereocenters. The van der Waals surface area contributed by atoms with Crippen LogP contribution in [0.1, 0.15) is 20.3 Å². The Balaban J connectivity index is 1.99. The van der Waals surface area contributed by atoms with Gasteiger partial charge in [0.15, 0.2) is 5.65 Å². The second kappa shape index (κ2) is 6.08. The van der Waals surface area contributed by atoms with E-state index in [0.717, 1.165) is 35.9 Å². The highest BCUT2D eigenvalue weighted by Crippen LogP contribution is 2.27. The van der Waals surface area contributed by atoms with Crippen LogP contribution in [0.15, 0.2) is 6.20 Å². The Morgan fingerprint density at radius 1 is 1.27 bits per heavy atom. The van der Waals surface area contributed by atoms with Crippen LogP contribution < -0.4 is 10.2 Å². The molecular formula is C15H24N6O. The summed E-state index contributed by atoms with van der Waals surface area (Å²) in [4.78, 5) is 11.7. The molecule has 1 saturated heterocycles. The van der Waals surface area contributed by atoms with E-state index >= 15 is 0 Å². The van der Waals surface area contributed by atoms with Gasteiger partial charge in [0, 0.05) is 26.7 Å². The third kappa shape index (κ3) is 2.85. The van der Waals surface area contributed by atoms with Crippen LogP contribution in [0.3, 0.4) is 0 Å². The molecule has 3 rings (SSSR count). The highest BCUT2D eigenvalue weighted by molar-refractivity contribution is 5.87. The molecule has 7 nitrogen and oxygen atoms in total. The van der Waals surface area contributed by atoms with Crippen molar-refractivity contribution in [3.8, 4) is 0 Å². The number of piperidine rings is 1. The maximum absolute atomic E-state index is 9.06. The molecule has 7 heteroatoms. The Morgan fingerprint density at radius 2 is 2.00 bits per heavy atom. The summed E-state index contributed by atoms with van der Waals surface area (Å²) in [5, 5.41) is 17.4. The lowest BCUT2D eigenvalue weighted by molar-refractivity contribution is 0.311. The highest BCUT2D eigenvalue weighted by atomic mass is 16.3. The van der Waals surface area contributed by atoms with E-state index in [1.165, 1.54) is 6.42 Å². The molecule has 0 aliphatic carbocycles. The van der Waals surface area contributed by atoms with Crippen LogP contribution >= 0.6 is 0 Å². The fourth-order valence-corrected chi connectivity index (χ4v) is 3.29. The van der Waals surface area contributed by atoms with Crippen molar-refractivity contribution in [2.45, 2.75) is 20.3 Å². The lowest BCUT2D eigenvalue weighted by atomic mass is 9.92. The molecule has 0 spiro atoms. The van der Waals surface area contributed by atoms with Gasteiger partial charge < -0.3 is 15.3 Å². The number of anilines is 2. The average molecular weight is 304 g/mol. The van der Waals surface area contributed by atoms with Crippen LogP contribution in [0.5, 0.6) is 0 Å². The van der Waals surface area contributed by atoms with Crippen LogP contribution in [-0.4, -0.2) is 51.1 Å². The van der Waals surface area contributed by atoms with Crippen LogP contribution in [-0.2, 0) is 7.05 Å². The van der Waals surface area contributed by atoms with E-state index in [9.17, 15) is 0 Å². The number of rotatable bonds is 4. The number of aryl methyl sites for hydroxylation is 1. The predicted octanol–water partition coefficient (Wildman–Crippen LogP) is 1.25. The van der Waals surface area contributed by atoms with Crippen molar-refractivity contribution in [3.05, 3.63) is 6.20 Å². The Hall–Kier alpha value is -1.89. The molecule has 120 valence electrons. The quantitative estimate of drug-likeness (QED) is 0.885. The van der Waals surface area contributed by atoms with Crippen molar-refractivity contribution in [1.29, 1.82) is 0 Å². The number of hydrogen-bond donors (Lipinski definition) is 2. The van der Waals surface area contributed by atoms with Gasteiger partial charge in [0.2, 0.25) is 5.95 Å². The first-order chi connectivity index (χ1) is 10.6. The molecule has 0 unspecified atom stereocenters. The second-order valence-electron chi connectivity index (χ2n) is 6.38. The van der Waals surface area contributed by atoms with Gasteiger partial charge in [0.1, 0.15) is 5.82 Å². The molecule has 2 aromatic rings. The minimum Gasteiger partial charge on any atom is -0.395 e. The highest BCUT2D eigenvalue weighted by Gasteiger charge is 2.25. The number of aromatic nitrogens is 4. The van der Waals surface area contributed by atoms with Crippen molar-refractivity contribution >= 4 is 22.8 Å². The number of fused-ring (bicyclic) bond motifs is 1. The lowest BCUT2D eigenvalue weighted by Gasteiger charge is -2.35. The van der Waals surface area contributed by atoms with Crippen molar-refractivity contribution in [1.82, 2.24) is 19.7 Å². The third-order valence-corrected chi connectivity index (χ3v) is 4.14. The fraction of sp³-hybridized carbons (Fsp3) is 0.667. The van der Waals surface area contributed by atoms with Gasteiger partial charge in [-0.25, -0.2) is 0 Å². The van der Waals surface area contributed by atoms with E-state index < -0.39 is 0 Å². The number of nitrogens with one attached hydrogen (secondary N) is 1. The van der Waals surface area contributed by atoms with E-state index in [1.807, 2.05) is 7.05 Å². The van der Waals surface area contributed by atoms with Crippen LogP contribution in [0, 0.1) is 11.8 Å². The zero-order valence-electron chi connectivity index (χ0n) is 13.5. The Morgan fingerprint density at radius 3 is 2.68 bits per heavy atom. The first-order valence-corrected chi connectivity index (χ1v) is 7.88. The molecule has 0 saturated carbocycles. The third-order valence-electron chi connectivity index (χ3n) is 4.14. The summed E-state index contributed by atoms with van der Waals surface area (Å²) in [5.74, 6) is 2.77. The van der Waals surface area contributed by atoms with Crippen LogP contribution in [0.4, 0.5) is 11.8 Å². The summed E-state index contributed by atoms with van der Waals surface area (Å²) in [6.07, 6.45) is 3.01. The monoisotopic (exact) mass is 304 g/mol. The molecule has 0 bridgehead atoms. The van der Waals surface area contributed by atoms with Crippen molar-refractivity contribution in [3.63, 3.8) is 0 Å². The standard InChI is InChI=1S/C15H24N6O/c1-10-6-11(2)9-21(8-10)15-18-13(16-4-5-22)12-7-17-20(3)14(12)19-15/h7,10-11,22H,4-6,8-9H2,1-3H3,(H,16,18,19)/t10-,11+. The molecule has 1 aliphatic rings. The molecule has 2 N–H and O–H groups in total. The molecule has 1 fully saturated rings. The Labute approximate surface area is 130 Å². The normalized spacial score (nSPS) is 22.3. The molecule has 0 aromatic carbocycles. The van der Waals surface area contributed by atoms with Crippen molar-refractivity contribution in [2.75, 3.05) is 36.5 Å². The molecule has 3 heterocycles.